The van der Waals surface area contributed by atoms with Gasteiger partial charge in [0.05, 0.1) is 6.10 Å². The molecule has 1 aliphatic carbocycles. The minimum absolute atomic E-state index is 0.514. The molecule has 0 spiro atoms. The molecule has 0 unspecified atom stereocenters. The van der Waals surface area contributed by atoms with Crippen molar-refractivity contribution >= 4 is 17.7 Å². The van der Waals surface area contributed by atoms with Crippen molar-refractivity contribution in [3.63, 3.8) is 0 Å². The standard InChI is InChI=1S/C13H25N3OS/c1-2-17-12-9-11(10-12)3-4-15-13(14)16-5-7-18-8-6-16/h11-12H,2-10H2,1H3,(H2,14,15). The minimum Gasteiger partial charge on any atom is -0.378 e. The summed E-state index contributed by atoms with van der Waals surface area (Å²) in [6, 6.07) is 0. The Morgan fingerprint density at radius 1 is 1.39 bits per heavy atom. The molecule has 0 aromatic heterocycles. The molecule has 0 atom stereocenters. The van der Waals surface area contributed by atoms with Gasteiger partial charge < -0.3 is 15.4 Å². The van der Waals surface area contributed by atoms with E-state index in [1.165, 1.54) is 24.3 Å². The summed E-state index contributed by atoms with van der Waals surface area (Å²) in [4.78, 5) is 6.72. The van der Waals surface area contributed by atoms with E-state index in [2.05, 4.69) is 16.8 Å². The van der Waals surface area contributed by atoms with Gasteiger partial charge in [0.15, 0.2) is 5.96 Å². The number of hydrogen-bond donors (Lipinski definition) is 1. The van der Waals surface area contributed by atoms with Crippen LogP contribution in [0.15, 0.2) is 4.99 Å². The highest BCUT2D eigenvalue weighted by Gasteiger charge is 2.28. The van der Waals surface area contributed by atoms with Crippen LogP contribution in [-0.2, 0) is 4.74 Å². The van der Waals surface area contributed by atoms with Crippen LogP contribution in [0.5, 0.6) is 0 Å². The van der Waals surface area contributed by atoms with E-state index in [1.54, 1.807) is 0 Å². The first kappa shape index (κ1) is 14.0. The van der Waals surface area contributed by atoms with E-state index in [-0.39, 0.29) is 0 Å². The quantitative estimate of drug-likeness (QED) is 0.609. The molecule has 1 saturated carbocycles. The maximum absolute atomic E-state index is 6.01. The van der Waals surface area contributed by atoms with Crippen LogP contribution >= 0.6 is 11.8 Å². The first-order valence-corrected chi connectivity index (χ1v) is 8.19. The minimum atomic E-state index is 0.514. The van der Waals surface area contributed by atoms with Crippen molar-refractivity contribution < 1.29 is 4.74 Å². The molecule has 4 nitrogen and oxygen atoms in total. The summed E-state index contributed by atoms with van der Waals surface area (Å²) in [7, 11) is 0. The molecule has 2 fully saturated rings. The average molecular weight is 271 g/mol. The van der Waals surface area contributed by atoms with Gasteiger partial charge in [-0.15, -0.1) is 0 Å². The fraction of sp³-hybridized carbons (Fsp3) is 0.923. The molecule has 0 aromatic rings. The lowest BCUT2D eigenvalue weighted by molar-refractivity contribution is -0.0257. The molecule has 104 valence electrons. The van der Waals surface area contributed by atoms with Crippen molar-refractivity contribution in [2.24, 2.45) is 16.6 Å². The largest absolute Gasteiger partial charge is 0.378 e. The molecule has 0 radical (unpaired) electrons. The number of guanidine groups is 1. The lowest BCUT2D eigenvalue weighted by Gasteiger charge is -2.34. The van der Waals surface area contributed by atoms with Gasteiger partial charge in [-0.3, -0.25) is 4.99 Å². The smallest absolute Gasteiger partial charge is 0.191 e. The molecule has 1 aliphatic heterocycles. The van der Waals surface area contributed by atoms with E-state index in [0.29, 0.717) is 6.10 Å². The third-order valence-electron chi connectivity index (χ3n) is 3.74. The van der Waals surface area contributed by atoms with Crippen molar-refractivity contribution in [1.29, 1.82) is 0 Å². The van der Waals surface area contributed by atoms with E-state index in [4.69, 9.17) is 10.5 Å². The van der Waals surface area contributed by atoms with Crippen LogP contribution in [0.1, 0.15) is 26.2 Å². The SMILES string of the molecule is CCOC1CC(CCN=C(N)N2CCSCC2)C1. The Labute approximate surface area is 114 Å². The highest BCUT2D eigenvalue weighted by molar-refractivity contribution is 7.99. The summed E-state index contributed by atoms with van der Waals surface area (Å²) in [5.74, 6) is 3.90. The van der Waals surface area contributed by atoms with Gasteiger partial charge in [0, 0.05) is 37.7 Å². The molecule has 0 aromatic carbocycles. The molecular weight excluding hydrogens is 246 g/mol. The van der Waals surface area contributed by atoms with Crippen molar-refractivity contribution in [3.05, 3.63) is 0 Å². The summed E-state index contributed by atoms with van der Waals surface area (Å²) < 4.78 is 5.56. The fourth-order valence-corrected chi connectivity index (χ4v) is 3.44. The summed E-state index contributed by atoms with van der Waals surface area (Å²) in [5.41, 5.74) is 6.01. The first-order valence-electron chi connectivity index (χ1n) is 7.03. The van der Waals surface area contributed by atoms with Crippen LogP contribution < -0.4 is 5.73 Å². The Kier molecular flexibility index (Phi) is 5.63. The van der Waals surface area contributed by atoms with Gasteiger partial charge in [0.1, 0.15) is 0 Å². The second kappa shape index (κ2) is 7.24. The number of rotatable bonds is 5. The highest BCUT2D eigenvalue weighted by atomic mass is 32.2. The number of thioether (sulfide) groups is 1. The van der Waals surface area contributed by atoms with Crippen LogP contribution in [0.4, 0.5) is 0 Å². The van der Waals surface area contributed by atoms with Crippen LogP contribution in [0.25, 0.3) is 0 Å². The van der Waals surface area contributed by atoms with Gasteiger partial charge in [-0.2, -0.15) is 11.8 Å². The summed E-state index contributed by atoms with van der Waals surface area (Å²) in [6.07, 6.45) is 4.10. The third-order valence-corrected chi connectivity index (χ3v) is 4.68. The van der Waals surface area contributed by atoms with Gasteiger partial charge in [0.25, 0.3) is 0 Å². The summed E-state index contributed by atoms with van der Waals surface area (Å²) in [6.45, 7) is 5.88. The monoisotopic (exact) mass is 271 g/mol. The highest BCUT2D eigenvalue weighted by Crippen LogP contribution is 2.32. The van der Waals surface area contributed by atoms with Crippen LogP contribution in [0.2, 0.25) is 0 Å². The summed E-state index contributed by atoms with van der Waals surface area (Å²) in [5, 5.41) is 0. The fourth-order valence-electron chi connectivity index (χ4n) is 2.54. The van der Waals surface area contributed by atoms with Gasteiger partial charge in [0.2, 0.25) is 0 Å². The van der Waals surface area contributed by atoms with Crippen LogP contribution in [-0.4, -0.2) is 54.7 Å². The Bertz CT molecular complexity index is 273. The predicted octanol–water partition coefficient (Wildman–Crippen LogP) is 1.56. The molecule has 5 heteroatoms. The van der Waals surface area contributed by atoms with E-state index in [0.717, 1.165) is 44.5 Å². The summed E-state index contributed by atoms with van der Waals surface area (Å²) >= 11 is 2.00. The van der Waals surface area contributed by atoms with Gasteiger partial charge in [-0.25, -0.2) is 0 Å². The van der Waals surface area contributed by atoms with Crippen molar-refractivity contribution in [1.82, 2.24) is 4.90 Å². The van der Waals surface area contributed by atoms with Crippen molar-refractivity contribution in [2.45, 2.75) is 32.3 Å². The van der Waals surface area contributed by atoms with E-state index in [1.807, 2.05) is 11.8 Å². The maximum Gasteiger partial charge on any atom is 0.191 e. The predicted molar refractivity (Wildman–Crippen MR) is 78.1 cm³/mol. The van der Waals surface area contributed by atoms with Gasteiger partial charge in [-0.1, -0.05) is 0 Å². The lowest BCUT2D eigenvalue weighted by Crippen LogP contribution is -2.42. The van der Waals surface area contributed by atoms with E-state index < -0.39 is 0 Å². The zero-order chi connectivity index (χ0) is 12.8. The molecule has 1 heterocycles. The third kappa shape index (κ3) is 4.05. The Balaban J connectivity index is 1.59. The second-order valence-corrected chi connectivity index (χ2v) is 6.27. The number of nitrogens with zero attached hydrogens (tertiary/aromatic N) is 2. The van der Waals surface area contributed by atoms with E-state index >= 15 is 0 Å². The maximum atomic E-state index is 6.01. The van der Waals surface area contributed by atoms with Crippen molar-refractivity contribution in [2.75, 3.05) is 37.7 Å². The van der Waals surface area contributed by atoms with Crippen LogP contribution in [0.3, 0.4) is 0 Å². The van der Waals surface area contributed by atoms with E-state index in [9.17, 15) is 0 Å². The molecule has 2 rings (SSSR count). The van der Waals surface area contributed by atoms with Gasteiger partial charge in [-0.05, 0) is 32.1 Å². The number of nitrogens with two attached hydrogens (primary N) is 1. The normalized spacial score (nSPS) is 29.2. The Hall–Kier alpha value is -0.420. The van der Waals surface area contributed by atoms with Crippen LogP contribution in [0, 0.1) is 5.92 Å². The Morgan fingerprint density at radius 3 is 2.78 bits per heavy atom. The molecule has 18 heavy (non-hydrogen) atoms. The van der Waals surface area contributed by atoms with Crippen molar-refractivity contribution in [3.8, 4) is 0 Å². The first-order chi connectivity index (χ1) is 8.79. The Morgan fingerprint density at radius 2 is 2.11 bits per heavy atom. The molecule has 0 bridgehead atoms. The van der Waals surface area contributed by atoms with Gasteiger partial charge >= 0.3 is 0 Å². The molecule has 1 saturated heterocycles. The number of hydrogen-bond acceptors (Lipinski definition) is 3. The zero-order valence-electron chi connectivity index (χ0n) is 11.3. The molecular formula is C13H25N3OS. The molecule has 2 aliphatic rings. The average Bonchev–Trinajstić information content (AvgIpc) is 2.36. The molecule has 2 N–H and O–H groups in total. The second-order valence-electron chi connectivity index (χ2n) is 5.04. The lowest BCUT2D eigenvalue weighted by atomic mass is 9.80. The number of ether oxygens (including phenoxy) is 1. The zero-order valence-corrected chi connectivity index (χ0v) is 12.1. The topological polar surface area (TPSA) is 50.9 Å². The number of aliphatic imine (C=N–C) groups is 1. The molecule has 0 amide bonds.